The number of amides is 1. The van der Waals surface area contributed by atoms with Crippen LogP contribution >= 0.6 is 11.3 Å². The molecule has 100 valence electrons. The number of aryl methyl sites for hydroxylation is 1. The van der Waals surface area contributed by atoms with E-state index in [9.17, 15) is 9.90 Å². The number of hydrogen-bond donors (Lipinski definition) is 2. The van der Waals surface area contributed by atoms with Gasteiger partial charge in [0.2, 0.25) is 0 Å². The number of carbonyl (C=O) groups excluding carboxylic acids is 1. The first-order valence-electron chi connectivity index (χ1n) is 6.72. The molecule has 0 bridgehead atoms. The van der Waals surface area contributed by atoms with Gasteiger partial charge in [-0.05, 0) is 31.4 Å². The van der Waals surface area contributed by atoms with Crippen LogP contribution in [0, 0.1) is 0 Å². The number of aliphatic hydroxyl groups is 1. The van der Waals surface area contributed by atoms with E-state index in [2.05, 4.69) is 12.2 Å². The second kappa shape index (κ2) is 5.85. The summed E-state index contributed by atoms with van der Waals surface area (Å²) in [6.07, 6.45) is 5.88. The number of carbonyl (C=O) groups is 1. The first-order chi connectivity index (χ1) is 8.63. The Balaban J connectivity index is 1.87. The molecule has 1 aromatic heterocycles. The molecule has 1 saturated carbocycles. The van der Waals surface area contributed by atoms with Gasteiger partial charge in [0.15, 0.2) is 0 Å². The van der Waals surface area contributed by atoms with Crippen molar-refractivity contribution in [2.75, 3.05) is 6.54 Å². The summed E-state index contributed by atoms with van der Waals surface area (Å²) in [5, 5.41) is 13.2. The molecule has 1 amide bonds. The molecule has 1 fully saturated rings. The van der Waals surface area contributed by atoms with Gasteiger partial charge in [-0.3, -0.25) is 4.79 Å². The van der Waals surface area contributed by atoms with Crippen molar-refractivity contribution in [2.24, 2.45) is 0 Å². The summed E-state index contributed by atoms with van der Waals surface area (Å²) < 4.78 is 0. The summed E-state index contributed by atoms with van der Waals surface area (Å²) in [7, 11) is 0. The number of thiophene rings is 1. The minimum Gasteiger partial charge on any atom is -0.388 e. The number of rotatable bonds is 4. The molecule has 18 heavy (non-hydrogen) atoms. The van der Waals surface area contributed by atoms with Crippen molar-refractivity contribution in [1.29, 1.82) is 0 Å². The molecule has 4 heteroatoms. The molecule has 0 saturated heterocycles. The van der Waals surface area contributed by atoms with E-state index in [1.54, 1.807) is 0 Å². The highest BCUT2D eigenvalue weighted by molar-refractivity contribution is 7.14. The Bertz CT molecular complexity index is 408. The summed E-state index contributed by atoms with van der Waals surface area (Å²) in [5.41, 5.74) is -0.682. The molecule has 1 aliphatic rings. The third-order valence-electron chi connectivity index (χ3n) is 3.60. The molecule has 3 nitrogen and oxygen atoms in total. The van der Waals surface area contributed by atoms with Gasteiger partial charge in [-0.2, -0.15) is 0 Å². The van der Waals surface area contributed by atoms with E-state index < -0.39 is 5.60 Å². The summed E-state index contributed by atoms with van der Waals surface area (Å²) >= 11 is 1.53. The van der Waals surface area contributed by atoms with Gasteiger partial charge in [0.25, 0.3) is 5.91 Å². The topological polar surface area (TPSA) is 49.3 Å². The summed E-state index contributed by atoms with van der Waals surface area (Å²) in [6, 6.07) is 3.86. The average molecular weight is 267 g/mol. The zero-order chi connectivity index (χ0) is 13.0. The van der Waals surface area contributed by atoms with Gasteiger partial charge >= 0.3 is 0 Å². The molecule has 0 aromatic carbocycles. The highest BCUT2D eigenvalue weighted by atomic mass is 32.1. The lowest BCUT2D eigenvalue weighted by molar-refractivity contribution is 0.00529. The van der Waals surface area contributed by atoms with Crippen LogP contribution in [0.1, 0.15) is 53.6 Å². The first kappa shape index (κ1) is 13.6. The monoisotopic (exact) mass is 267 g/mol. The van der Waals surface area contributed by atoms with Crippen LogP contribution in [0.3, 0.4) is 0 Å². The highest BCUT2D eigenvalue weighted by Gasteiger charge is 2.29. The van der Waals surface area contributed by atoms with Crippen molar-refractivity contribution < 1.29 is 9.90 Å². The molecule has 2 N–H and O–H groups in total. The minimum absolute atomic E-state index is 0.0568. The molecule has 1 heterocycles. The van der Waals surface area contributed by atoms with Gasteiger partial charge in [-0.15, -0.1) is 11.3 Å². The minimum atomic E-state index is -0.682. The van der Waals surface area contributed by atoms with Crippen LogP contribution < -0.4 is 5.32 Å². The Hall–Kier alpha value is -0.870. The first-order valence-corrected chi connectivity index (χ1v) is 7.54. The Labute approximate surface area is 112 Å². The van der Waals surface area contributed by atoms with Gasteiger partial charge < -0.3 is 10.4 Å². The van der Waals surface area contributed by atoms with Crippen LogP contribution in [0.4, 0.5) is 0 Å². The van der Waals surface area contributed by atoms with Crippen LogP contribution in [-0.2, 0) is 6.42 Å². The van der Waals surface area contributed by atoms with E-state index >= 15 is 0 Å². The van der Waals surface area contributed by atoms with Gasteiger partial charge in [-0.1, -0.05) is 26.2 Å². The maximum atomic E-state index is 11.9. The second-order valence-electron chi connectivity index (χ2n) is 5.09. The van der Waals surface area contributed by atoms with Crippen molar-refractivity contribution in [3.05, 3.63) is 21.9 Å². The Kier molecular flexibility index (Phi) is 4.40. The standard InChI is InChI=1S/C14H21NO2S/c1-2-11-6-7-12(18-11)13(16)15-10-14(17)8-4-3-5-9-14/h6-7,17H,2-5,8-10H2,1H3,(H,15,16). The van der Waals surface area contributed by atoms with Crippen LogP contribution in [-0.4, -0.2) is 23.2 Å². The summed E-state index contributed by atoms with van der Waals surface area (Å²) in [6.45, 7) is 2.46. The quantitative estimate of drug-likeness (QED) is 0.881. The fourth-order valence-electron chi connectivity index (χ4n) is 2.41. The molecule has 0 unspecified atom stereocenters. The normalized spacial score (nSPS) is 18.6. The van der Waals surface area contributed by atoms with Crippen molar-refractivity contribution >= 4 is 17.2 Å². The molecular weight excluding hydrogens is 246 g/mol. The van der Waals surface area contributed by atoms with Crippen molar-refractivity contribution in [2.45, 2.75) is 51.0 Å². The van der Waals surface area contributed by atoms with Crippen LogP contribution in [0.15, 0.2) is 12.1 Å². The Morgan fingerprint density at radius 3 is 2.72 bits per heavy atom. The zero-order valence-corrected chi connectivity index (χ0v) is 11.7. The zero-order valence-electron chi connectivity index (χ0n) is 10.9. The van der Waals surface area contributed by atoms with Crippen molar-refractivity contribution in [1.82, 2.24) is 5.32 Å². The van der Waals surface area contributed by atoms with E-state index in [0.29, 0.717) is 6.54 Å². The molecule has 1 aromatic rings. The van der Waals surface area contributed by atoms with Crippen molar-refractivity contribution in [3.8, 4) is 0 Å². The summed E-state index contributed by atoms with van der Waals surface area (Å²) in [4.78, 5) is 13.9. The molecular formula is C14H21NO2S. The lowest BCUT2D eigenvalue weighted by Gasteiger charge is -2.32. The maximum absolute atomic E-state index is 11.9. The lowest BCUT2D eigenvalue weighted by Crippen LogP contribution is -2.44. The Morgan fingerprint density at radius 2 is 2.11 bits per heavy atom. The fraction of sp³-hybridized carbons (Fsp3) is 0.643. The smallest absolute Gasteiger partial charge is 0.261 e. The van der Waals surface area contributed by atoms with E-state index in [-0.39, 0.29) is 5.91 Å². The van der Waals surface area contributed by atoms with Gasteiger partial charge in [0, 0.05) is 11.4 Å². The molecule has 0 spiro atoms. The SMILES string of the molecule is CCc1ccc(C(=O)NCC2(O)CCCCC2)s1. The molecule has 0 radical (unpaired) electrons. The Morgan fingerprint density at radius 1 is 1.39 bits per heavy atom. The molecule has 0 atom stereocenters. The third-order valence-corrected chi connectivity index (χ3v) is 4.82. The van der Waals surface area contributed by atoms with E-state index in [1.165, 1.54) is 22.6 Å². The predicted molar refractivity (Wildman–Crippen MR) is 74.1 cm³/mol. The highest BCUT2D eigenvalue weighted by Crippen LogP contribution is 2.27. The average Bonchev–Trinajstić information content (AvgIpc) is 2.86. The second-order valence-corrected chi connectivity index (χ2v) is 6.26. The fourth-order valence-corrected chi connectivity index (χ4v) is 3.27. The van der Waals surface area contributed by atoms with Crippen LogP contribution in [0.2, 0.25) is 0 Å². The predicted octanol–water partition coefficient (Wildman–Crippen LogP) is 2.74. The van der Waals surface area contributed by atoms with Crippen molar-refractivity contribution in [3.63, 3.8) is 0 Å². The van der Waals surface area contributed by atoms with Gasteiger partial charge in [0.05, 0.1) is 10.5 Å². The van der Waals surface area contributed by atoms with Crippen LogP contribution in [0.5, 0.6) is 0 Å². The number of hydrogen-bond acceptors (Lipinski definition) is 3. The molecule has 0 aliphatic heterocycles. The summed E-state index contributed by atoms with van der Waals surface area (Å²) in [5.74, 6) is -0.0568. The van der Waals surface area contributed by atoms with Gasteiger partial charge in [-0.25, -0.2) is 0 Å². The largest absolute Gasteiger partial charge is 0.388 e. The van der Waals surface area contributed by atoms with Crippen LogP contribution in [0.25, 0.3) is 0 Å². The third kappa shape index (κ3) is 3.33. The van der Waals surface area contributed by atoms with E-state index in [1.807, 2.05) is 12.1 Å². The van der Waals surface area contributed by atoms with E-state index in [0.717, 1.165) is 37.0 Å². The maximum Gasteiger partial charge on any atom is 0.261 e. The van der Waals surface area contributed by atoms with Gasteiger partial charge in [0.1, 0.15) is 0 Å². The van der Waals surface area contributed by atoms with E-state index in [4.69, 9.17) is 0 Å². The molecule has 1 aliphatic carbocycles. The lowest BCUT2D eigenvalue weighted by atomic mass is 9.85. The number of nitrogens with one attached hydrogen (secondary N) is 1. The molecule has 2 rings (SSSR count).